The molecule has 0 fully saturated rings. The van der Waals surface area contributed by atoms with Gasteiger partial charge in [0.15, 0.2) is 23.0 Å². The van der Waals surface area contributed by atoms with Crippen molar-refractivity contribution in [3.8, 4) is 46.0 Å². The molecule has 0 amide bonds. The van der Waals surface area contributed by atoms with Crippen molar-refractivity contribution in [1.29, 1.82) is 0 Å². The highest BCUT2D eigenvalue weighted by Crippen LogP contribution is 2.57. The number of phenols is 4. The van der Waals surface area contributed by atoms with Crippen LogP contribution in [0.5, 0.6) is 46.0 Å². The second kappa shape index (κ2) is 56.6. The van der Waals surface area contributed by atoms with Gasteiger partial charge in [-0.25, -0.2) is 0 Å². The number of hydrogen-bond donors (Lipinski definition) is 4. The number of unbranched alkanes of at least 4 members (excludes halogenated alkanes) is 32. The Balaban J connectivity index is 1.32. The van der Waals surface area contributed by atoms with Crippen molar-refractivity contribution >= 4 is 40.5 Å². The number of hydrogen-bond acceptors (Lipinski definition) is 18. The van der Waals surface area contributed by atoms with Crippen molar-refractivity contribution in [2.75, 3.05) is 13.1 Å². The van der Waals surface area contributed by atoms with Gasteiger partial charge in [-0.3, -0.25) is 9.80 Å². The molecule has 0 saturated carbocycles. The van der Waals surface area contributed by atoms with Gasteiger partial charge in [0.25, 0.3) is 0 Å². The van der Waals surface area contributed by atoms with Crippen LogP contribution in [-0.2, 0) is 53.6 Å². The number of nitrogens with zero attached hydrogens (tertiary/aromatic N) is 2. The number of aromatic hydroxyl groups is 4. The predicted octanol–water partition coefficient (Wildman–Crippen LogP) is 32.6. The van der Waals surface area contributed by atoms with Gasteiger partial charge in [-0.05, 0) is 177 Å². The van der Waals surface area contributed by atoms with E-state index in [-0.39, 0.29) is 172 Å². The summed E-state index contributed by atoms with van der Waals surface area (Å²) in [4.78, 5) is 3.71. The van der Waals surface area contributed by atoms with E-state index < -0.39 is 64.1 Å². The number of phenolic OH excluding ortho intramolecular Hbond substituents is 4. The van der Waals surface area contributed by atoms with Gasteiger partial charge in [-0.2, -0.15) is 33.7 Å². The van der Waals surface area contributed by atoms with Crippen molar-refractivity contribution < 1.29 is 70.8 Å². The minimum absolute atomic E-state index is 0.0853. The topological polar surface area (TPSA) is 261 Å². The molecular weight excluding hydrogens is 1890 g/mol. The highest BCUT2D eigenvalue weighted by Gasteiger charge is 2.41. The first kappa shape index (κ1) is 114. The minimum atomic E-state index is -4.96. The molecule has 10 bridgehead atoms. The smallest absolute Gasteiger partial charge is 0.339 e. The molecule has 18 nitrogen and oxygen atoms in total. The lowest BCUT2D eigenvalue weighted by molar-refractivity contribution is 0.178. The molecule has 2 heterocycles. The fraction of sp³-hybridized carbons (Fsp3) is 0.512. The molecule has 145 heavy (non-hydrogen) atoms. The summed E-state index contributed by atoms with van der Waals surface area (Å²) >= 11 is 0. The Bertz CT molecular complexity index is 5500. The van der Waals surface area contributed by atoms with E-state index in [1.807, 2.05) is 64.1 Å². The molecule has 0 aromatic heterocycles. The Kier molecular flexibility index (Phi) is 44.5. The van der Waals surface area contributed by atoms with E-state index in [2.05, 4.69) is 75.6 Å². The number of benzene rings is 10. The van der Waals surface area contributed by atoms with Crippen LogP contribution in [0.15, 0.2) is 214 Å². The van der Waals surface area contributed by atoms with Crippen molar-refractivity contribution in [2.45, 2.75) is 414 Å². The summed E-state index contributed by atoms with van der Waals surface area (Å²) in [6.07, 6.45) is 35.8. The normalized spacial score (nSPS) is 16.1. The Labute approximate surface area is 870 Å². The van der Waals surface area contributed by atoms with Gasteiger partial charge >= 0.3 is 40.5 Å². The molecule has 0 saturated heterocycles. The van der Waals surface area contributed by atoms with E-state index >= 15 is 33.7 Å². The largest absolute Gasteiger partial charge is 0.507 e. The summed E-state index contributed by atoms with van der Waals surface area (Å²) in [7, 11) is -19.8. The Morgan fingerprint density at radius 3 is 0.676 bits per heavy atom. The fourth-order valence-electron chi connectivity index (χ4n) is 21.4. The van der Waals surface area contributed by atoms with Gasteiger partial charge in [0.2, 0.25) is 0 Å². The zero-order valence-corrected chi connectivity index (χ0v) is 91.7. The van der Waals surface area contributed by atoms with Crippen LogP contribution in [0, 0.1) is 27.7 Å². The SMILES string of the molecule is CCCCCCCCCCCC1c2cc(c(OS(=O)(=O)c3ccc(C)cc3)cc2OS(=O)(=O)c2ccc(C)cc2)C(CCCCCCCCCCC)c2cc3c(O)c(c2O)CN(C(C)c2ccccc2)CCCCCN(C(C)c2ccccc2)Cc2c(O)c1cc(c2O)C(CCCCCCCCCCC)c1cc(c(OS(=O)(=O)c2ccc(C)cc2)cc1OS(=O)(=O)c1ccc(C)cc1)C3CCCCCCCCCCC. The standard InChI is InChI=1S/C123H166N2O16S4/c1-11-15-19-23-27-31-35-39-50-60-102-106-82-107(117(139-143(132,133)99-74-66-91(6)67-75-99)86-116(106)138-142(130,131)98-72-64-90(5)65-73-98)103(61-51-40-36-32-28-24-20-16-12-2)112-85-113-105(63-53-42-38-34-30-26-22-18-14-4)109-83-108(118(140-144(134,135)100-76-68-92(7)69-77-100)87-119(109)141-145(136,137)101-78-70-93(8)71-79-101)104(62-52-41-37-33-29-25-21-17-13-3)111-84-110(102)120(126)114(121(111)127)88-124(94(9)96-56-46-43-47-57-96)80-54-45-55-81-125(89-115(122(112)128)123(113)129)95(10)97-58-48-44-49-59-97/h43-44,46-49,56-59,64-79,82-87,94-95,102-105,126-129H,11-42,45,50-55,60-63,80-81,88-89H2,1-10H3. The molecule has 3 aliphatic rings. The molecule has 0 radical (unpaired) electrons. The quantitative estimate of drug-likeness (QED) is 0.0204. The fourth-order valence-corrected chi connectivity index (χ4v) is 25.2. The molecule has 788 valence electrons. The van der Waals surface area contributed by atoms with Crippen LogP contribution in [0.2, 0.25) is 0 Å². The number of aryl methyl sites for hydroxylation is 4. The average molecular weight is 2060 g/mol. The third-order valence-corrected chi connectivity index (χ3v) is 35.3. The Morgan fingerprint density at radius 1 is 0.262 bits per heavy atom. The predicted molar refractivity (Wildman–Crippen MR) is 588 cm³/mol. The minimum Gasteiger partial charge on any atom is -0.507 e. The van der Waals surface area contributed by atoms with Crippen LogP contribution < -0.4 is 16.7 Å². The molecule has 1 aliphatic carbocycles. The van der Waals surface area contributed by atoms with Crippen molar-refractivity contribution in [2.24, 2.45) is 0 Å². The van der Waals surface area contributed by atoms with Crippen LogP contribution in [0.25, 0.3) is 0 Å². The lowest BCUT2D eigenvalue weighted by Gasteiger charge is -2.34. The van der Waals surface area contributed by atoms with Crippen molar-refractivity contribution in [3.63, 3.8) is 0 Å². The van der Waals surface area contributed by atoms with E-state index in [0.29, 0.717) is 83.7 Å². The summed E-state index contributed by atoms with van der Waals surface area (Å²) in [5, 5.41) is 59.3. The first-order valence-electron chi connectivity index (χ1n) is 55.1. The van der Waals surface area contributed by atoms with E-state index in [9.17, 15) is 20.4 Å². The molecular formula is C123H166N2O16S4. The van der Waals surface area contributed by atoms with Gasteiger partial charge in [-0.15, -0.1) is 0 Å². The van der Waals surface area contributed by atoms with Gasteiger partial charge in [0.05, 0.1) is 11.1 Å². The van der Waals surface area contributed by atoms with Crippen LogP contribution in [0.3, 0.4) is 0 Å². The Hall–Kier alpha value is -9.68. The zero-order valence-electron chi connectivity index (χ0n) is 88.4. The average Bonchev–Trinajstić information content (AvgIpc) is 0.732. The van der Waals surface area contributed by atoms with E-state index in [4.69, 9.17) is 16.7 Å². The summed E-state index contributed by atoms with van der Waals surface area (Å²) < 4.78 is 156. The lowest BCUT2D eigenvalue weighted by atomic mass is 9.75. The monoisotopic (exact) mass is 2060 g/mol. The molecule has 0 spiro atoms. The van der Waals surface area contributed by atoms with Gasteiger partial charge in [0, 0.05) is 105 Å². The molecule has 6 unspecified atom stereocenters. The van der Waals surface area contributed by atoms with Crippen LogP contribution in [0.1, 0.15) is 442 Å². The maximum Gasteiger partial charge on any atom is 0.339 e. The molecule has 10 aromatic rings. The van der Waals surface area contributed by atoms with Crippen LogP contribution >= 0.6 is 0 Å². The van der Waals surface area contributed by atoms with E-state index in [1.54, 1.807) is 72.8 Å². The maximum atomic E-state index is 16.1. The van der Waals surface area contributed by atoms with Crippen LogP contribution in [0.4, 0.5) is 0 Å². The summed E-state index contributed by atoms with van der Waals surface area (Å²) in [5.41, 5.74) is 6.97. The van der Waals surface area contributed by atoms with Gasteiger partial charge in [-0.1, -0.05) is 397 Å². The Morgan fingerprint density at radius 2 is 0.462 bits per heavy atom. The zero-order chi connectivity index (χ0) is 103. The van der Waals surface area contributed by atoms with Gasteiger partial charge in [0.1, 0.15) is 42.6 Å². The molecule has 2 aliphatic heterocycles. The lowest BCUT2D eigenvalue weighted by Crippen LogP contribution is -2.30. The maximum absolute atomic E-state index is 16.1. The third-order valence-electron chi connectivity index (χ3n) is 30.3. The second-order valence-corrected chi connectivity index (χ2v) is 47.8. The first-order valence-corrected chi connectivity index (χ1v) is 60.7. The number of fused-ring (bicyclic) bond motifs is 8. The first-order chi connectivity index (χ1) is 70.0. The summed E-state index contributed by atoms with van der Waals surface area (Å²) in [6, 6.07) is 54.5. The molecule has 4 N–H and O–H groups in total. The highest BCUT2D eigenvalue weighted by atomic mass is 32.2. The molecule has 22 heteroatoms. The molecule has 6 atom stereocenters. The number of rotatable bonds is 56. The second-order valence-electron chi connectivity index (χ2n) is 41.6. The summed E-state index contributed by atoms with van der Waals surface area (Å²) in [6.45, 7) is 21.1. The molecule has 13 rings (SSSR count). The highest BCUT2D eigenvalue weighted by molar-refractivity contribution is 7.88. The van der Waals surface area contributed by atoms with E-state index in [0.717, 1.165) is 213 Å². The molecule has 10 aromatic carbocycles. The third kappa shape index (κ3) is 32.2. The van der Waals surface area contributed by atoms with Crippen molar-refractivity contribution in [1.82, 2.24) is 9.80 Å². The summed E-state index contributed by atoms with van der Waals surface area (Å²) in [5.74, 6) is -7.18. The van der Waals surface area contributed by atoms with E-state index in [1.165, 1.54) is 60.7 Å². The van der Waals surface area contributed by atoms with Gasteiger partial charge < -0.3 is 37.2 Å². The van der Waals surface area contributed by atoms with Crippen molar-refractivity contribution in [3.05, 3.63) is 283 Å². The van der Waals surface area contributed by atoms with Crippen LogP contribution in [-0.4, -0.2) is 77.0 Å².